The van der Waals surface area contributed by atoms with Crippen molar-refractivity contribution in [1.29, 1.82) is 0 Å². The molecule has 1 atom stereocenters. The van der Waals surface area contributed by atoms with E-state index in [-0.39, 0.29) is 17.1 Å². The first-order valence-corrected chi connectivity index (χ1v) is 10.5. The lowest BCUT2D eigenvalue weighted by Crippen LogP contribution is -2.37. The van der Waals surface area contributed by atoms with Gasteiger partial charge in [-0.1, -0.05) is 48.5 Å². The fourth-order valence-electron chi connectivity index (χ4n) is 3.79. The summed E-state index contributed by atoms with van der Waals surface area (Å²) < 4.78 is 1.25. The van der Waals surface area contributed by atoms with Gasteiger partial charge in [0.2, 0.25) is 5.43 Å². The van der Waals surface area contributed by atoms with Crippen molar-refractivity contribution in [1.82, 2.24) is 19.7 Å². The zero-order valence-electron chi connectivity index (χ0n) is 18.5. The van der Waals surface area contributed by atoms with Crippen LogP contribution in [0.1, 0.15) is 33.5 Å². The normalized spacial score (nSPS) is 11.6. The smallest absolute Gasteiger partial charge is 0.294 e. The highest BCUT2D eigenvalue weighted by molar-refractivity contribution is 5.92. The number of carbonyl (C=O) groups excluding carboxylic acids is 1. The van der Waals surface area contributed by atoms with Crippen molar-refractivity contribution in [2.75, 3.05) is 7.05 Å². The Kier molecular flexibility index (Phi) is 6.26. The molecule has 0 saturated heterocycles. The van der Waals surface area contributed by atoms with E-state index in [0.29, 0.717) is 11.4 Å². The molecule has 1 unspecified atom stereocenters. The molecule has 4 aromatic rings. The summed E-state index contributed by atoms with van der Waals surface area (Å²) in [6.45, 7) is 1.60. The molecule has 9 nitrogen and oxygen atoms in total. The second kappa shape index (κ2) is 9.45. The standard InChI is InChI=1S/C25H21N5O4/c1-17-16-22(31)23(27-29(17)20-13-6-7-14-21(20)30(33)34)25(32)28(2)24(18-10-4-3-5-11-18)19-12-8-9-15-26-19/h3-16,24H,1-2H3. The van der Waals surface area contributed by atoms with Gasteiger partial charge >= 0.3 is 0 Å². The molecular formula is C25H21N5O4. The molecule has 2 heterocycles. The molecule has 0 radical (unpaired) electrons. The van der Waals surface area contributed by atoms with Crippen LogP contribution in [0.15, 0.2) is 89.9 Å². The molecule has 170 valence electrons. The van der Waals surface area contributed by atoms with E-state index in [1.807, 2.05) is 36.4 Å². The average Bonchev–Trinajstić information content (AvgIpc) is 2.85. The number of aromatic nitrogens is 3. The lowest BCUT2D eigenvalue weighted by molar-refractivity contribution is -0.384. The number of hydrogen-bond acceptors (Lipinski definition) is 6. The lowest BCUT2D eigenvalue weighted by atomic mass is 10.0. The number of hydrogen-bond donors (Lipinski definition) is 0. The van der Waals surface area contributed by atoms with E-state index in [9.17, 15) is 19.7 Å². The monoisotopic (exact) mass is 455 g/mol. The average molecular weight is 455 g/mol. The molecule has 0 saturated carbocycles. The van der Waals surface area contributed by atoms with Gasteiger partial charge in [0.1, 0.15) is 5.69 Å². The number of pyridine rings is 1. The number of para-hydroxylation sites is 2. The SMILES string of the molecule is Cc1cc(=O)c(C(=O)N(C)C(c2ccccc2)c2ccccn2)nn1-c1ccccc1[N+](=O)[O-]. The Morgan fingerprint density at radius 1 is 1.03 bits per heavy atom. The number of aryl methyl sites for hydroxylation is 1. The van der Waals surface area contributed by atoms with Gasteiger partial charge in [0.25, 0.3) is 11.6 Å². The fourth-order valence-corrected chi connectivity index (χ4v) is 3.79. The summed E-state index contributed by atoms with van der Waals surface area (Å²) in [7, 11) is 1.57. The first-order valence-electron chi connectivity index (χ1n) is 10.5. The van der Waals surface area contributed by atoms with Crippen LogP contribution in [0, 0.1) is 17.0 Å². The van der Waals surface area contributed by atoms with Crippen molar-refractivity contribution in [2.24, 2.45) is 0 Å². The van der Waals surface area contributed by atoms with Crippen LogP contribution in [-0.4, -0.2) is 37.5 Å². The van der Waals surface area contributed by atoms with Gasteiger partial charge in [0.05, 0.1) is 16.7 Å². The van der Waals surface area contributed by atoms with Crippen molar-refractivity contribution < 1.29 is 9.72 Å². The number of benzene rings is 2. The lowest BCUT2D eigenvalue weighted by Gasteiger charge is -2.28. The molecule has 0 N–H and O–H groups in total. The fraction of sp³-hybridized carbons (Fsp3) is 0.120. The number of amides is 1. The summed E-state index contributed by atoms with van der Waals surface area (Å²) in [6.07, 6.45) is 1.63. The summed E-state index contributed by atoms with van der Waals surface area (Å²) in [5, 5.41) is 15.8. The van der Waals surface area contributed by atoms with Gasteiger partial charge < -0.3 is 4.90 Å². The summed E-state index contributed by atoms with van der Waals surface area (Å²) in [5.41, 5.74) is 0.844. The maximum Gasteiger partial charge on any atom is 0.294 e. The number of nitrogens with zero attached hydrogens (tertiary/aromatic N) is 5. The van der Waals surface area contributed by atoms with E-state index in [4.69, 9.17) is 0 Å². The molecule has 0 fully saturated rings. The van der Waals surface area contributed by atoms with Gasteiger partial charge in [0, 0.05) is 31.1 Å². The van der Waals surface area contributed by atoms with Gasteiger partial charge in [-0.25, -0.2) is 4.68 Å². The van der Waals surface area contributed by atoms with Crippen molar-refractivity contribution >= 4 is 11.6 Å². The zero-order chi connectivity index (χ0) is 24.2. The van der Waals surface area contributed by atoms with Crippen LogP contribution in [-0.2, 0) is 0 Å². The van der Waals surface area contributed by atoms with Crippen LogP contribution in [0.2, 0.25) is 0 Å². The van der Waals surface area contributed by atoms with Crippen molar-refractivity contribution in [3.63, 3.8) is 0 Å². The van der Waals surface area contributed by atoms with E-state index in [1.54, 1.807) is 38.4 Å². The van der Waals surface area contributed by atoms with Crippen LogP contribution in [0.5, 0.6) is 0 Å². The minimum atomic E-state index is -0.628. The Bertz CT molecular complexity index is 1360. The molecular weight excluding hydrogens is 434 g/mol. The molecule has 0 spiro atoms. The van der Waals surface area contributed by atoms with Crippen LogP contribution in [0.4, 0.5) is 5.69 Å². The number of rotatable bonds is 6. The summed E-state index contributed by atoms with van der Waals surface area (Å²) in [5.74, 6) is -0.628. The third kappa shape index (κ3) is 4.31. The van der Waals surface area contributed by atoms with E-state index in [0.717, 1.165) is 5.56 Å². The van der Waals surface area contributed by atoms with Gasteiger partial charge in [-0.2, -0.15) is 5.10 Å². The minimum absolute atomic E-state index is 0.158. The minimum Gasteiger partial charge on any atom is -0.327 e. The molecule has 9 heteroatoms. The van der Waals surface area contributed by atoms with E-state index >= 15 is 0 Å². The summed E-state index contributed by atoms with van der Waals surface area (Å²) in [6, 6.07) is 21.4. The van der Waals surface area contributed by atoms with E-state index in [1.165, 1.54) is 33.8 Å². The maximum absolute atomic E-state index is 13.6. The highest BCUT2D eigenvalue weighted by Crippen LogP contribution is 2.27. The Labute approximate surface area is 195 Å². The third-order valence-electron chi connectivity index (χ3n) is 5.41. The second-order valence-electron chi connectivity index (χ2n) is 7.64. The summed E-state index contributed by atoms with van der Waals surface area (Å²) >= 11 is 0. The predicted molar refractivity (Wildman–Crippen MR) is 126 cm³/mol. The Hall–Kier alpha value is -4.66. The van der Waals surface area contributed by atoms with Gasteiger partial charge in [-0.15, -0.1) is 0 Å². The second-order valence-corrected chi connectivity index (χ2v) is 7.64. The topological polar surface area (TPSA) is 111 Å². The Balaban J connectivity index is 1.82. The molecule has 2 aromatic carbocycles. The molecule has 1 amide bonds. The predicted octanol–water partition coefficient (Wildman–Crippen LogP) is 3.71. The van der Waals surface area contributed by atoms with E-state index in [2.05, 4.69) is 10.1 Å². The molecule has 2 aromatic heterocycles. The van der Waals surface area contributed by atoms with Crippen molar-refractivity contribution in [3.05, 3.63) is 128 Å². The number of carbonyl (C=O) groups is 1. The highest BCUT2D eigenvalue weighted by Gasteiger charge is 2.29. The highest BCUT2D eigenvalue weighted by atomic mass is 16.6. The third-order valence-corrected chi connectivity index (χ3v) is 5.41. The molecule has 0 aliphatic carbocycles. The van der Waals surface area contributed by atoms with Crippen LogP contribution >= 0.6 is 0 Å². The molecule has 34 heavy (non-hydrogen) atoms. The summed E-state index contributed by atoms with van der Waals surface area (Å²) in [4.78, 5) is 43.2. The first kappa shape index (κ1) is 22.5. The van der Waals surface area contributed by atoms with E-state index < -0.39 is 22.3 Å². The quantitative estimate of drug-likeness (QED) is 0.324. The largest absolute Gasteiger partial charge is 0.327 e. The molecule has 0 aliphatic rings. The Morgan fingerprint density at radius 2 is 1.71 bits per heavy atom. The Morgan fingerprint density at radius 3 is 2.38 bits per heavy atom. The van der Waals surface area contributed by atoms with Gasteiger partial charge in [-0.05, 0) is 30.7 Å². The van der Waals surface area contributed by atoms with Crippen LogP contribution < -0.4 is 5.43 Å². The van der Waals surface area contributed by atoms with Crippen LogP contribution in [0.25, 0.3) is 5.69 Å². The van der Waals surface area contributed by atoms with Gasteiger partial charge in [-0.3, -0.25) is 24.7 Å². The van der Waals surface area contributed by atoms with Crippen molar-refractivity contribution in [2.45, 2.75) is 13.0 Å². The molecule has 0 aliphatic heterocycles. The first-order chi connectivity index (χ1) is 16.4. The maximum atomic E-state index is 13.6. The number of nitro groups is 1. The molecule has 0 bridgehead atoms. The zero-order valence-corrected chi connectivity index (χ0v) is 18.5. The van der Waals surface area contributed by atoms with Crippen LogP contribution in [0.3, 0.4) is 0 Å². The van der Waals surface area contributed by atoms with Crippen molar-refractivity contribution in [3.8, 4) is 5.69 Å². The van der Waals surface area contributed by atoms with Gasteiger partial charge in [0.15, 0.2) is 5.69 Å². The molecule has 4 rings (SSSR count). The number of nitro benzene ring substituents is 1.